The highest BCUT2D eigenvalue weighted by Crippen LogP contribution is 2.29. The lowest BCUT2D eigenvalue weighted by Crippen LogP contribution is -2.41. The van der Waals surface area contributed by atoms with Gasteiger partial charge in [0.25, 0.3) is 0 Å². The number of anilines is 1. The van der Waals surface area contributed by atoms with Gasteiger partial charge < -0.3 is 9.64 Å². The smallest absolute Gasteiger partial charge is 0.157 e. The van der Waals surface area contributed by atoms with Gasteiger partial charge in [0.05, 0.1) is 18.9 Å². The number of rotatable bonds is 3. The molecule has 7 nitrogen and oxygen atoms in total. The Morgan fingerprint density at radius 3 is 2.84 bits per heavy atom. The summed E-state index contributed by atoms with van der Waals surface area (Å²) in [6.07, 6.45) is 1.56. The normalized spacial score (nSPS) is 17.7. The summed E-state index contributed by atoms with van der Waals surface area (Å²) in [5, 5.41) is 4.82. The number of nitrogens with zero attached hydrogens (tertiary/aromatic N) is 6. The van der Waals surface area contributed by atoms with E-state index < -0.39 is 0 Å². The first-order valence-corrected chi connectivity index (χ1v) is 8.41. The Bertz CT molecular complexity index is 848. The number of para-hydroxylation sites is 1. The zero-order valence-electron chi connectivity index (χ0n) is 13.7. The summed E-state index contributed by atoms with van der Waals surface area (Å²) in [5.74, 6) is 2.21. The Morgan fingerprint density at radius 1 is 1.20 bits per heavy atom. The van der Waals surface area contributed by atoms with Crippen LogP contribution in [0, 0.1) is 6.92 Å². The average molecular weight is 357 g/mol. The van der Waals surface area contributed by atoms with Gasteiger partial charge in [-0.1, -0.05) is 29.8 Å². The minimum absolute atomic E-state index is 0.109. The first-order chi connectivity index (χ1) is 12.2. The molecule has 1 saturated heterocycles. The third kappa shape index (κ3) is 3.20. The molecule has 128 valence electrons. The van der Waals surface area contributed by atoms with Crippen LogP contribution in [0.1, 0.15) is 17.7 Å². The standard InChI is InChI=1S/C17H17ClN6O/c1-12-21-15(18)9-16(22-12)23-7-8-25-10-14(23)17-19-11-20-24(17)13-5-3-2-4-6-13/h2-6,9,11,14H,7-8,10H2,1H3/t14-/m1/s1. The Morgan fingerprint density at radius 2 is 2.04 bits per heavy atom. The first kappa shape index (κ1) is 16.0. The molecule has 25 heavy (non-hydrogen) atoms. The van der Waals surface area contributed by atoms with Crippen LogP contribution < -0.4 is 4.90 Å². The van der Waals surface area contributed by atoms with E-state index in [-0.39, 0.29) is 6.04 Å². The van der Waals surface area contributed by atoms with E-state index in [4.69, 9.17) is 16.3 Å². The maximum atomic E-state index is 6.13. The van der Waals surface area contributed by atoms with Gasteiger partial charge in [0, 0.05) is 12.6 Å². The van der Waals surface area contributed by atoms with Gasteiger partial charge in [0.15, 0.2) is 5.82 Å². The predicted octanol–water partition coefficient (Wildman–Crippen LogP) is 2.60. The van der Waals surface area contributed by atoms with Gasteiger partial charge in [0.2, 0.25) is 0 Å². The second-order valence-electron chi connectivity index (χ2n) is 5.75. The highest BCUT2D eigenvalue weighted by molar-refractivity contribution is 6.29. The van der Waals surface area contributed by atoms with Crippen molar-refractivity contribution in [3.63, 3.8) is 0 Å². The summed E-state index contributed by atoms with van der Waals surface area (Å²) in [6, 6.07) is 11.6. The second kappa shape index (κ2) is 6.78. The lowest BCUT2D eigenvalue weighted by atomic mass is 10.2. The molecule has 0 aliphatic carbocycles. The van der Waals surface area contributed by atoms with Crippen molar-refractivity contribution in [3.8, 4) is 5.69 Å². The number of aromatic nitrogens is 5. The number of halogens is 1. The summed E-state index contributed by atoms with van der Waals surface area (Å²) < 4.78 is 7.55. The molecule has 1 atom stereocenters. The summed E-state index contributed by atoms with van der Waals surface area (Å²) in [5.41, 5.74) is 0.956. The van der Waals surface area contributed by atoms with Crippen LogP contribution in [0.3, 0.4) is 0 Å². The second-order valence-corrected chi connectivity index (χ2v) is 6.13. The molecule has 2 aromatic heterocycles. The van der Waals surface area contributed by atoms with Crippen molar-refractivity contribution in [3.05, 3.63) is 59.5 Å². The molecule has 0 unspecified atom stereocenters. The van der Waals surface area contributed by atoms with Gasteiger partial charge in [-0.05, 0) is 19.1 Å². The molecule has 3 heterocycles. The zero-order valence-corrected chi connectivity index (χ0v) is 14.5. The molecule has 4 rings (SSSR count). The maximum Gasteiger partial charge on any atom is 0.157 e. The fourth-order valence-electron chi connectivity index (χ4n) is 3.00. The number of aryl methyl sites for hydroxylation is 1. The number of hydrogen-bond acceptors (Lipinski definition) is 6. The van der Waals surface area contributed by atoms with Crippen molar-refractivity contribution in [2.24, 2.45) is 0 Å². The average Bonchev–Trinajstić information content (AvgIpc) is 3.11. The van der Waals surface area contributed by atoms with Crippen LogP contribution in [-0.2, 0) is 4.74 Å². The van der Waals surface area contributed by atoms with Crippen LogP contribution in [-0.4, -0.2) is 44.5 Å². The van der Waals surface area contributed by atoms with Gasteiger partial charge >= 0.3 is 0 Å². The molecule has 0 spiro atoms. The van der Waals surface area contributed by atoms with Crippen LogP contribution in [0.2, 0.25) is 5.15 Å². The third-order valence-electron chi connectivity index (χ3n) is 4.09. The lowest BCUT2D eigenvalue weighted by molar-refractivity contribution is 0.0906. The van der Waals surface area contributed by atoms with Crippen molar-refractivity contribution in [2.75, 3.05) is 24.7 Å². The Hall–Kier alpha value is -2.51. The van der Waals surface area contributed by atoms with Gasteiger partial charge in [-0.2, -0.15) is 5.10 Å². The van der Waals surface area contributed by atoms with Gasteiger partial charge in [-0.25, -0.2) is 19.6 Å². The number of morpholine rings is 1. The van der Waals surface area contributed by atoms with Crippen molar-refractivity contribution < 1.29 is 4.74 Å². The van der Waals surface area contributed by atoms with Crippen LogP contribution in [0.5, 0.6) is 0 Å². The van der Waals surface area contributed by atoms with Crippen molar-refractivity contribution >= 4 is 17.4 Å². The molecule has 1 aromatic carbocycles. The highest BCUT2D eigenvalue weighted by Gasteiger charge is 2.30. The maximum absolute atomic E-state index is 6.13. The van der Waals surface area contributed by atoms with E-state index in [1.165, 1.54) is 0 Å². The molecule has 1 aliphatic heterocycles. The Labute approximate surface area is 150 Å². The lowest BCUT2D eigenvalue weighted by Gasteiger charge is -2.35. The Kier molecular flexibility index (Phi) is 4.33. The molecule has 0 amide bonds. The number of benzene rings is 1. The monoisotopic (exact) mass is 356 g/mol. The zero-order chi connectivity index (χ0) is 17.2. The van der Waals surface area contributed by atoms with Crippen molar-refractivity contribution in [2.45, 2.75) is 13.0 Å². The van der Waals surface area contributed by atoms with Gasteiger partial charge in [0.1, 0.15) is 29.2 Å². The fourth-order valence-corrected chi connectivity index (χ4v) is 3.22. The molecule has 0 bridgehead atoms. The van der Waals surface area contributed by atoms with Gasteiger partial charge in [-0.15, -0.1) is 0 Å². The third-order valence-corrected chi connectivity index (χ3v) is 4.28. The molecule has 0 N–H and O–H groups in total. The van der Waals surface area contributed by atoms with E-state index in [0.717, 1.165) is 17.3 Å². The molecule has 1 aliphatic rings. The largest absolute Gasteiger partial charge is 0.377 e. The quantitative estimate of drug-likeness (QED) is 0.672. The molecule has 0 saturated carbocycles. The van der Waals surface area contributed by atoms with E-state index >= 15 is 0 Å². The highest BCUT2D eigenvalue weighted by atomic mass is 35.5. The van der Waals surface area contributed by atoms with Crippen LogP contribution in [0.4, 0.5) is 5.82 Å². The summed E-state index contributed by atoms with van der Waals surface area (Å²) in [6.45, 7) is 3.65. The molecule has 8 heteroatoms. The van der Waals surface area contributed by atoms with E-state index in [1.807, 2.05) is 41.9 Å². The fraction of sp³-hybridized carbons (Fsp3) is 0.294. The molecular formula is C17H17ClN6O. The van der Waals surface area contributed by atoms with E-state index in [1.54, 1.807) is 12.4 Å². The summed E-state index contributed by atoms with van der Waals surface area (Å²) in [7, 11) is 0. The number of hydrogen-bond donors (Lipinski definition) is 0. The number of ether oxygens (including phenoxy) is 1. The predicted molar refractivity (Wildman–Crippen MR) is 94.0 cm³/mol. The van der Waals surface area contributed by atoms with Gasteiger partial charge in [-0.3, -0.25) is 0 Å². The van der Waals surface area contributed by atoms with E-state index in [0.29, 0.717) is 30.7 Å². The molecule has 1 fully saturated rings. The summed E-state index contributed by atoms with van der Waals surface area (Å²) in [4.78, 5) is 15.3. The topological polar surface area (TPSA) is 69.0 Å². The summed E-state index contributed by atoms with van der Waals surface area (Å²) >= 11 is 6.13. The molecule has 3 aromatic rings. The van der Waals surface area contributed by atoms with Crippen molar-refractivity contribution in [1.82, 2.24) is 24.7 Å². The Balaban J connectivity index is 1.75. The van der Waals surface area contributed by atoms with Crippen LogP contribution >= 0.6 is 11.6 Å². The minimum Gasteiger partial charge on any atom is -0.377 e. The van der Waals surface area contributed by atoms with Crippen LogP contribution in [0.15, 0.2) is 42.7 Å². The van der Waals surface area contributed by atoms with Crippen LogP contribution in [0.25, 0.3) is 5.69 Å². The van der Waals surface area contributed by atoms with E-state index in [2.05, 4.69) is 25.0 Å². The molecule has 0 radical (unpaired) electrons. The van der Waals surface area contributed by atoms with Crippen molar-refractivity contribution in [1.29, 1.82) is 0 Å². The van der Waals surface area contributed by atoms with E-state index in [9.17, 15) is 0 Å². The minimum atomic E-state index is -0.109. The SMILES string of the molecule is Cc1nc(Cl)cc(N2CCOC[C@@H]2c2ncnn2-c2ccccc2)n1. The molecular weight excluding hydrogens is 340 g/mol. The first-order valence-electron chi connectivity index (χ1n) is 8.03.